The van der Waals surface area contributed by atoms with Gasteiger partial charge in [-0.25, -0.2) is 0 Å². The quantitative estimate of drug-likeness (QED) is 0.685. The number of hydrogen-bond acceptors (Lipinski definition) is 6. The SMILES string of the molecule is Cc1cccc2c(=O)cc(C(=O)Cc3nnc(C(C)C)s3)oc12. The Bertz CT molecular complexity index is 940. The van der Waals surface area contributed by atoms with Gasteiger partial charge >= 0.3 is 0 Å². The number of rotatable bonds is 4. The van der Waals surface area contributed by atoms with Crippen molar-refractivity contribution in [3.8, 4) is 0 Å². The van der Waals surface area contributed by atoms with E-state index in [2.05, 4.69) is 10.2 Å². The molecule has 1 aromatic carbocycles. The molecule has 0 aliphatic heterocycles. The molecular weight excluding hydrogens is 312 g/mol. The normalized spacial score (nSPS) is 11.3. The van der Waals surface area contributed by atoms with Crippen LogP contribution in [0.25, 0.3) is 11.0 Å². The number of aryl methyl sites for hydroxylation is 1. The van der Waals surface area contributed by atoms with Crippen molar-refractivity contribution in [1.82, 2.24) is 10.2 Å². The lowest BCUT2D eigenvalue weighted by molar-refractivity contribution is 0.0966. The van der Waals surface area contributed by atoms with E-state index in [0.717, 1.165) is 10.6 Å². The fourth-order valence-electron chi connectivity index (χ4n) is 2.25. The molecule has 3 aromatic rings. The Kier molecular flexibility index (Phi) is 4.09. The maximum Gasteiger partial charge on any atom is 0.205 e. The fraction of sp³-hybridized carbons (Fsp3) is 0.294. The summed E-state index contributed by atoms with van der Waals surface area (Å²) in [7, 11) is 0. The molecule has 2 aromatic heterocycles. The van der Waals surface area contributed by atoms with Gasteiger partial charge < -0.3 is 4.42 Å². The molecule has 2 heterocycles. The maximum absolute atomic E-state index is 12.4. The van der Waals surface area contributed by atoms with Crippen LogP contribution in [0.15, 0.2) is 33.5 Å². The summed E-state index contributed by atoms with van der Waals surface area (Å²) in [4.78, 5) is 24.6. The molecule has 0 aliphatic carbocycles. The average molecular weight is 328 g/mol. The molecule has 0 aliphatic rings. The van der Waals surface area contributed by atoms with Gasteiger partial charge in [0, 0.05) is 12.0 Å². The van der Waals surface area contributed by atoms with Crippen LogP contribution < -0.4 is 5.43 Å². The lowest BCUT2D eigenvalue weighted by Crippen LogP contribution is -2.09. The van der Waals surface area contributed by atoms with Crippen molar-refractivity contribution in [2.75, 3.05) is 0 Å². The number of aromatic nitrogens is 2. The van der Waals surface area contributed by atoms with Gasteiger partial charge in [0.25, 0.3) is 0 Å². The van der Waals surface area contributed by atoms with Crippen molar-refractivity contribution in [3.63, 3.8) is 0 Å². The summed E-state index contributed by atoms with van der Waals surface area (Å²) in [5, 5.41) is 10.1. The van der Waals surface area contributed by atoms with Crippen molar-refractivity contribution in [3.05, 3.63) is 55.8 Å². The molecular formula is C17H16N2O3S. The van der Waals surface area contributed by atoms with Gasteiger partial charge in [0.1, 0.15) is 15.6 Å². The highest BCUT2D eigenvalue weighted by atomic mass is 32.1. The van der Waals surface area contributed by atoms with E-state index < -0.39 is 0 Å². The van der Waals surface area contributed by atoms with Crippen molar-refractivity contribution >= 4 is 28.1 Å². The molecule has 0 atom stereocenters. The predicted molar refractivity (Wildman–Crippen MR) is 89.3 cm³/mol. The maximum atomic E-state index is 12.4. The molecule has 0 amide bonds. The van der Waals surface area contributed by atoms with E-state index in [-0.39, 0.29) is 29.3 Å². The molecule has 0 unspecified atom stereocenters. The van der Waals surface area contributed by atoms with Crippen LogP contribution in [-0.4, -0.2) is 16.0 Å². The molecule has 0 N–H and O–H groups in total. The second kappa shape index (κ2) is 6.04. The Morgan fingerprint density at radius 2 is 2.09 bits per heavy atom. The number of Topliss-reactive ketones (excluding diaryl/α,β-unsaturated/α-hetero) is 1. The van der Waals surface area contributed by atoms with E-state index in [1.165, 1.54) is 17.4 Å². The van der Waals surface area contributed by atoms with E-state index in [1.807, 2.05) is 26.8 Å². The first-order chi connectivity index (χ1) is 11.0. The van der Waals surface area contributed by atoms with E-state index in [1.54, 1.807) is 12.1 Å². The number of carbonyl (C=O) groups is 1. The number of nitrogens with zero attached hydrogens (tertiary/aromatic N) is 2. The second-order valence-electron chi connectivity index (χ2n) is 5.72. The Labute approximate surface area is 137 Å². The number of carbonyl (C=O) groups excluding carboxylic acids is 1. The molecule has 0 spiro atoms. The van der Waals surface area contributed by atoms with Gasteiger partial charge in [0.2, 0.25) is 5.78 Å². The van der Waals surface area contributed by atoms with E-state index in [4.69, 9.17) is 4.42 Å². The lowest BCUT2D eigenvalue weighted by Gasteiger charge is -2.03. The molecule has 3 rings (SSSR count). The van der Waals surface area contributed by atoms with Crippen LogP contribution in [0.5, 0.6) is 0 Å². The van der Waals surface area contributed by atoms with Crippen LogP contribution >= 0.6 is 11.3 Å². The van der Waals surface area contributed by atoms with Gasteiger partial charge in [-0.3, -0.25) is 9.59 Å². The number of fused-ring (bicyclic) bond motifs is 1. The van der Waals surface area contributed by atoms with Crippen LogP contribution in [-0.2, 0) is 6.42 Å². The molecule has 5 nitrogen and oxygen atoms in total. The average Bonchev–Trinajstić information content (AvgIpc) is 2.97. The van der Waals surface area contributed by atoms with Crippen LogP contribution in [0.3, 0.4) is 0 Å². The van der Waals surface area contributed by atoms with Crippen LogP contribution in [0.2, 0.25) is 0 Å². The van der Waals surface area contributed by atoms with Crippen LogP contribution in [0, 0.1) is 6.92 Å². The Morgan fingerprint density at radius 3 is 2.78 bits per heavy atom. The summed E-state index contributed by atoms with van der Waals surface area (Å²) >= 11 is 1.41. The van der Waals surface area contributed by atoms with Crippen LogP contribution in [0.1, 0.15) is 45.9 Å². The summed E-state index contributed by atoms with van der Waals surface area (Å²) in [6.07, 6.45) is 0.0880. The second-order valence-corrected chi connectivity index (χ2v) is 6.81. The minimum absolute atomic E-state index is 0.0677. The zero-order valence-corrected chi connectivity index (χ0v) is 13.9. The number of ketones is 1. The Hall–Kier alpha value is -2.34. The highest BCUT2D eigenvalue weighted by Gasteiger charge is 2.17. The number of hydrogen-bond donors (Lipinski definition) is 0. The minimum atomic E-state index is -0.265. The highest BCUT2D eigenvalue weighted by molar-refractivity contribution is 7.11. The predicted octanol–water partition coefficient (Wildman–Crippen LogP) is 3.50. The first-order valence-corrected chi connectivity index (χ1v) is 8.16. The Balaban J connectivity index is 1.94. The van der Waals surface area contributed by atoms with Crippen molar-refractivity contribution in [2.45, 2.75) is 33.1 Å². The molecule has 118 valence electrons. The van der Waals surface area contributed by atoms with Gasteiger partial charge in [-0.05, 0) is 18.6 Å². The zero-order chi connectivity index (χ0) is 16.6. The van der Waals surface area contributed by atoms with Gasteiger partial charge in [-0.15, -0.1) is 21.5 Å². The summed E-state index contributed by atoms with van der Waals surface area (Å²) in [6, 6.07) is 6.60. The summed E-state index contributed by atoms with van der Waals surface area (Å²) < 4.78 is 5.67. The minimum Gasteiger partial charge on any atom is -0.452 e. The number of benzene rings is 1. The topological polar surface area (TPSA) is 73.1 Å². The molecule has 0 fully saturated rings. The van der Waals surface area contributed by atoms with Gasteiger partial charge in [-0.2, -0.15) is 0 Å². The third kappa shape index (κ3) is 3.07. The Morgan fingerprint density at radius 1 is 1.30 bits per heavy atom. The molecule has 0 bridgehead atoms. The number of para-hydroxylation sites is 1. The monoisotopic (exact) mass is 328 g/mol. The largest absolute Gasteiger partial charge is 0.452 e. The summed E-state index contributed by atoms with van der Waals surface area (Å²) in [5.74, 6) is 0.0782. The third-order valence-electron chi connectivity index (χ3n) is 3.51. The van der Waals surface area contributed by atoms with Crippen LogP contribution in [0.4, 0.5) is 0 Å². The third-order valence-corrected chi connectivity index (χ3v) is 4.74. The van der Waals surface area contributed by atoms with Crippen molar-refractivity contribution in [1.29, 1.82) is 0 Å². The highest BCUT2D eigenvalue weighted by Crippen LogP contribution is 2.21. The van der Waals surface area contributed by atoms with Crippen molar-refractivity contribution < 1.29 is 9.21 Å². The molecule has 0 saturated heterocycles. The first-order valence-electron chi connectivity index (χ1n) is 7.34. The van der Waals surface area contributed by atoms with E-state index in [9.17, 15) is 9.59 Å². The zero-order valence-electron chi connectivity index (χ0n) is 13.1. The van der Waals surface area contributed by atoms with E-state index in [0.29, 0.717) is 16.0 Å². The van der Waals surface area contributed by atoms with Gasteiger partial charge in [0.15, 0.2) is 11.2 Å². The van der Waals surface area contributed by atoms with E-state index >= 15 is 0 Å². The fourth-order valence-corrected chi connectivity index (χ4v) is 3.10. The van der Waals surface area contributed by atoms with Gasteiger partial charge in [-0.1, -0.05) is 26.0 Å². The molecule has 23 heavy (non-hydrogen) atoms. The molecule has 6 heteroatoms. The smallest absolute Gasteiger partial charge is 0.205 e. The van der Waals surface area contributed by atoms with Crippen molar-refractivity contribution in [2.24, 2.45) is 0 Å². The standard InChI is InChI=1S/C17H16N2O3S/c1-9(2)17-19-18-15(23-17)8-13(21)14-7-12(20)11-6-4-5-10(3)16(11)22-14/h4-7,9H,8H2,1-3H3. The van der Waals surface area contributed by atoms with Gasteiger partial charge in [0.05, 0.1) is 11.8 Å². The lowest BCUT2D eigenvalue weighted by atomic mass is 10.1. The first kappa shape index (κ1) is 15.6. The molecule has 0 saturated carbocycles. The summed E-state index contributed by atoms with van der Waals surface area (Å²) in [6.45, 7) is 5.90. The molecule has 0 radical (unpaired) electrons. The summed E-state index contributed by atoms with van der Waals surface area (Å²) in [5.41, 5.74) is 1.08.